The number of aromatic nitrogens is 1. The third kappa shape index (κ3) is 12.0. The number of para-hydroxylation sites is 2. The lowest BCUT2D eigenvalue weighted by Gasteiger charge is -2.21. The summed E-state index contributed by atoms with van der Waals surface area (Å²) in [5.74, 6) is 0. The molecule has 456 valence electrons. The molecule has 0 fully saturated rings. The highest BCUT2D eigenvalue weighted by Crippen LogP contribution is 2.47. The standard InChI is InChI=1S/C22H21N.C22H20O.2C22H20S/c1-22(2,3)16-12-14-17(15-13-16)23-20-10-6-4-8-18(20)19-9-5-7-11-21(19)23;2*1-22(2,3)17-12-8-14-19-21(17)20-16(11-7-13-18(20)23-19)15-9-5-4-6-10-15;1-22(2,3)19-14-8-13-18-17-12-7-11-16(20(17)23-21(18)19)15-9-5-4-6-10-15/h4-15H,1-3H3;3*4-14H,1-3H3/i;3*4D,5D,6D,9D,10D. The van der Waals surface area contributed by atoms with E-state index >= 15 is 0 Å². The molecule has 16 rings (SSSR count). The number of hydrogen-bond donors (Lipinski definition) is 0. The van der Waals surface area contributed by atoms with Gasteiger partial charge in [0.05, 0.1) is 31.6 Å². The summed E-state index contributed by atoms with van der Waals surface area (Å²) in [7, 11) is 0. The van der Waals surface area contributed by atoms with Crippen LogP contribution >= 0.6 is 22.7 Å². The number of thiophene rings is 2. The fraction of sp³-hybridized carbons (Fsp3) is 0.182. The van der Waals surface area contributed by atoms with Crippen LogP contribution in [0.3, 0.4) is 0 Å². The number of furan rings is 1. The van der Waals surface area contributed by atoms with Crippen molar-refractivity contribution in [2.75, 3.05) is 0 Å². The van der Waals surface area contributed by atoms with E-state index in [4.69, 9.17) is 25.0 Å². The molecule has 0 aliphatic heterocycles. The average Bonchev–Trinajstić information content (AvgIpc) is 1.65. The monoisotopic (exact) mass is 1250 g/mol. The van der Waals surface area contributed by atoms with E-state index in [-0.39, 0.29) is 123 Å². The number of rotatable bonds is 4. The summed E-state index contributed by atoms with van der Waals surface area (Å²) in [6.45, 7) is 26.2. The molecule has 0 N–H and O–H groups in total. The molecule has 0 aliphatic rings. The molecule has 4 heterocycles. The van der Waals surface area contributed by atoms with Crippen LogP contribution in [0.5, 0.6) is 0 Å². The highest BCUT2D eigenvalue weighted by atomic mass is 32.1. The second kappa shape index (κ2) is 24.7. The Bertz CT molecular complexity index is 5910. The lowest BCUT2D eigenvalue weighted by atomic mass is 9.83. The molecule has 16 aromatic rings. The molecule has 0 amide bonds. The van der Waals surface area contributed by atoms with Gasteiger partial charge < -0.3 is 8.98 Å². The van der Waals surface area contributed by atoms with Crippen molar-refractivity contribution in [3.05, 3.63) is 295 Å². The van der Waals surface area contributed by atoms with E-state index in [1.54, 1.807) is 34.8 Å². The molecule has 0 atom stereocenters. The summed E-state index contributed by atoms with van der Waals surface area (Å²) in [4.78, 5) is 0. The Hall–Kier alpha value is -9.32. The Morgan fingerprint density at radius 2 is 0.717 bits per heavy atom. The SMILES string of the molecule is CC(C)(C)c1ccc(-n2c3ccccc3c3ccccc32)cc1.[2H]c1c([2H])c([2H])c(-c2cccc3c2sc2c(C(C)(C)C)cccc23)c([2H])c1[2H].[2H]c1c([2H])c([2H])c(-c2cccc3oc4cccc(C(C)(C)C)c4c23)c([2H])c1[2H].[2H]c1c([2H])c([2H])c(-c2cccc3sc4cccc(C(C)(C)C)c4c23)c([2H])c1[2H]. The molecule has 12 aromatic carbocycles. The number of nitrogens with zero attached hydrogens (tertiary/aromatic N) is 1. The van der Waals surface area contributed by atoms with Gasteiger partial charge in [-0.15, -0.1) is 22.7 Å². The zero-order valence-corrected chi connectivity index (χ0v) is 55.6. The predicted molar refractivity (Wildman–Crippen MR) is 404 cm³/mol. The van der Waals surface area contributed by atoms with Gasteiger partial charge in [-0.3, -0.25) is 0 Å². The molecule has 0 saturated carbocycles. The smallest absolute Gasteiger partial charge is 0.136 e. The van der Waals surface area contributed by atoms with Crippen LogP contribution in [0.1, 0.15) is 126 Å². The first-order valence-electron chi connectivity index (χ1n) is 38.6. The minimum atomic E-state index is -0.390. The van der Waals surface area contributed by atoms with Gasteiger partial charge in [-0.1, -0.05) is 307 Å². The Kier molecular flexibility index (Phi) is 12.3. The van der Waals surface area contributed by atoms with Crippen molar-refractivity contribution in [2.24, 2.45) is 0 Å². The molecular weight excluding hydrogens is 1150 g/mol. The van der Waals surface area contributed by atoms with Crippen molar-refractivity contribution in [3.8, 4) is 39.1 Å². The van der Waals surface area contributed by atoms with Gasteiger partial charge in [0.2, 0.25) is 0 Å². The maximum atomic E-state index is 8.42. The van der Waals surface area contributed by atoms with Crippen molar-refractivity contribution in [1.82, 2.24) is 4.57 Å². The first-order valence-corrected chi connectivity index (χ1v) is 32.7. The second-order valence-corrected chi connectivity index (χ2v) is 29.4. The Morgan fingerprint density at radius 1 is 0.315 bits per heavy atom. The molecular formula is C88H81NOS2. The van der Waals surface area contributed by atoms with Gasteiger partial charge in [0.25, 0.3) is 0 Å². The van der Waals surface area contributed by atoms with E-state index in [9.17, 15) is 0 Å². The van der Waals surface area contributed by atoms with Crippen LogP contribution in [-0.4, -0.2) is 4.57 Å². The molecule has 0 aliphatic carbocycles. The summed E-state index contributed by atoms with van der Waals surface area (Å²) in [6.07, 6.45) is 0. The van der Waals surface area contributed by atoms with Crippen molar-refractivity contribution >= 4 is 107 Å². The molecule has 2 nitrogen and oxygen atoms in total. The molecule has 4 aromatic heterocycles. The van der Waals surface area contributed by atoms with Crippen molar-refractivity contribution < 1.29 is 25.0 Å². The average molecular weight is 1250 g/mol. The number of benzene rings is 12. The normalized spacial score (nSPS) is 14.4. The fourth-order valence-electron chi connectivity index (χ4n) is 12.5. The van der Waals surface area contributed by atoms with Crippen LogP contribution in [0, 0.1) is 0 Å². The van der Waals surface area contributed by atoms with Gasteiger partial charge in [-0.05, 0) is 126 Å². The van der Waals surface area contributed by atoms with Crippen LogP contribution in [0.2, 0.25) is 0 Å². The van der Waals surface area contributed by atoms with Crippen LogP contribution in [0.4, 0.5) is 0 Å². The molecule has 92 heavy (non-hydrogen) atoms. The second-order valence-electron chi connectivity index (χ2n) is 27.3. The zero-order chi connectivity index (χ0) is 77.2. The van der Waals surface area contributed by atoms with Gasteiger partial charge in [-0.25, -0.2) is 0 Å². The predicted octanol–water partition coefficient (Wildman–Crippen LogP) is 26.7. The van der Waals surface area contributed by atoms with E-state index < -0.39 is 6.04 Å². The van der Waals surface area contributed by atoms with Crippen molar-refractivity contribution in [3.63, 3.8) is 0 Å². The van der Waals surface area contributed by atoms with Gasteiger partial charge in [0, 0.05) is 67.6 Å². The zero-order valence-electron chi connectivity index (χ0n) is 69.0. The lowest BCUT2D eigenvalue weighted by Crippen LogP contribution is -2.11. The summed E-state index contributed by atoms with van der Waals surface area (Å²) in [5.41, 5.74) is 12.6. The Labute approximate surface area is 572 Å². The third-order valence-electron chi connectivity index (χ3n) is 16.9. The van der Waals surface area contributed by atoms with E-state index in [0.29, 0.717) is 22.3 Å². The Balaban J connectivity index is 0.000000126. The third-order valence-corrected chi connectivity index (χ3v) is 19.3. The molecule has 0 bridgehead atoms. The van der Waals surface area contributed by atoms with E-state index in [1.165, 1.54) is 48.9 Å². The first-order chi connectivity index (χ1) is 50.4. The first kappa shape index (κ1) is 45.9. The summed E-state index contributed by atoms with van der Waals surface area (Å²) in [6, 6.07) is 57.6. The van der Waals surface area contributed by atoms with Crippen LogP contribution in [-0.2, 0) is 21.7 Å². The topological polar surface area (TPSA) is 18.1 Å². The van der Waals surface area contributed by atoms with E-state index in [0.717, 1.165) is 57.6 Å². The van der Waals surface area contributed by atoms with Crippen LogP contribution in [0.25, 0.3) is 123 Å². The van der Waals surface area contributed by atoms with Gasteiger partial charge in [0.15, 0.2) is 0 Å². The molecule has 0 radical (unpaired) electrons. The summed E-state index contributed by atoms with van der Waals surface area (Å²) < 4.78 is 135. The summed E-state index contributed by atoms with van der Waals surface area (Å²) in [5, 5.41) is 8.58. The molecule has 0 unspecified atom stereocenters. The summed E-state index contributed by atoms with van der Waals surface area (Å²) >= 11 is 3.30. The lowest BCUT2D eigenvalue weighted by molar-refractivity contribution is 0.590. The minimum absolute atomic E-state index is 0.0166. The number of fused-ring (bicyclic) bond motifs is 12. The van der Waals surface area contributed by atoms with E-state index in [2.05, 4.69) is 203 Å². The highest BCUT2D eigenvalue weighted by molar-refractivity contribution is 7.26. The molecule has 0 saturated heterocycles. The Morgan fingerprint density at radius 3 is 1.26 bits per heavy atom. The fourth-order valence-corrected chi connectivity index (χ4v) is 15.2. The maximum absolute atomic E-state index is 8.42. The van der Waals surface area contributed by atoms with Crippen LogP contribution in [0.15, 0.2) is 277 Å². The van der Waals surface area contributed by atoms with Crippen molar-refractivity contribution in [2.45, 2.75) is 105 Å². The molecule has 0 spiro atoms. The molecule has 4 heteroatoms. The van der Waals surface area contributed by atoms with Gasteiger partial charge in [0.1, 0.15) is 11.2 Å². The van der Waals surface area contributed by atoms with Crippen molar-refractivity contribution in [1.29, 1.82) is 0 Å². The number of hydrogen-bond acceptors (Lipinski definition) is 3. The van der Waals surface area contributed by atoms with E-state index in [1.807, 2.05) is 54.6 Å². The highest BCUT2D eigenvalue weighted by Gasteiger charge is 2.25. The largest absolute Gasteiger partial charge is 0.456 e. The minimum Gasteiger partial charge on any atom is -0.456 e. The van der Waals surface area contributed by atoms with Gasteiger partial charge in [-0.2, -0.15) is 0 Å². The van der Waals surface area contributed by atoms with Gasteiger partial charge >= 0.3 is 0 Å². The maximum Gasteiger partial charge on any atom is 0.136 e. The van der Waals surface area contributed by atoms with Crippen LogP contribution < -0.4 is 0 Å². The quantitative estimate of drug-likeness (QED) is 0.172.